The molecule has 31 heavy (non-hydrogen) atoms. The van der Waals surface area contributed by atoms with Gasteiger partial charge in [-0.15, -0.1) is 0 Å². The molecule has 0 spiro atoms. The fraction of sp³-hybridized carbons (Fsp3) is 0.182. The van der Waals surface area contributed by atoms with Crippen LogP contribution in [0.25, 0.3) is 12.2 Å². The van der Waals surface area contributed by atoms with Gasteiger partial charge in [0.1, 0.15) is 18.2 Å². The van der Waals surface area contributed by atoms with Gasteiger partial charge in [0.05, 0.1) is 0 Å². The number of halogens is 5. The van der Waals surface area contributed by atoms with Crippen molar-refractivity contribution in [2.75, 3.05) is 19.6 Å². The van der Waals surface area contributed by atoms with Gasteiger partial charge in [-0.3, -0.25) is 9.59 Å². The first-order chi connectivity index (χ1) is 14.6. The molecule has 2 aromatic rings. The molecular formula is C22H19F5N2O2. The average molecular weight is 438 g/mol. The fourth-order valence-corrected chi connectivity index (χ4v) is 2.45. The number of nitrogens with one attached hydrogen (secondary N) is 1. The molecule has 164 valence electrons. The van der Waals surface area contributed by atoms with Crippen LogP contribution < -0.4 is 5.32 Å². The van der Waals surface area contributed by atoms with E-state index in [2.05, 4.69) is 5.32 Å². The summed E-state index contributed by atoms with van der Waals surface area (Å²) in [5, 5.41) is 2.39. The summed E-state index contributed by atoms with van der Waals surface area (Å²) >= 11 is 0. The second kappa shape index (κ2) is 11.1. The van der Waals surface area contributed by atoms with Gasteiger partial charge in [0.2, 0.25) is 11.8 Å². The molecule has 2 aromatic carbocycles. The van der Waals surface area contributed by atoms with Crippen LogP contribution in [0.1, 0.15) is 11.1 Å². The van der Waals surface area contributed by atoms with Crippen molar-refractivity contribution >= 4 is 24.0 Å². The monoisotopic (exact) mass is 438 g/mol. The van der Waals surface area contributed by atoms with Gasteiger partial charge in [0.25, 0.3) is 0 Å². The lowest BCUT2D eigenvalue weighted by Crippen LogP contribution is -2.42. The summed E-state index contributed by atoms with van der Waals surface area (Å²) in [5.74, 6) is -2.39. The van der Waals surface area contributed by atoms with Crippen LogP contribution in [0.15, 0.2) is 60.7 Å². The molecule has 0 aliphatic carbocycles. The van der Waals surface area contributed by atoms with Crippen molar-refractivity contribution in [1.82, 2.24) is 10.2 Å². The van der Waals surface area contributed by atoms with Crippen LogP contribution >= 0.6 is 0 Å². The van der Waals surface area contributed by atoms with E-state index in [4.69, 9.17) is 0 Å². The van der Waals surface area contributed by atoms with Crippen molar-refractivity contribution < 1.29 is 31.5 Å². The Balaban J connectivity index is 1.92. The SMILES string of the molecule is O=C(/C=C/c1ccc(F)cc1)NCCN(CC(F)(F)F)C(=O)/C=C/c1ccc(F)cc1. The zero-order chi connectivity index (χ0) is 22.9. The van der Waals surface area contributed by atoms with Gasteiger partial charge in [-0.25, -0.2) is 8.78 Å². The quantitative estimate of drug-likeness (QED) is 0.496. The fourth-order valence-electron chi connectivity index (χ4n) is 2.45. The predicted octanol–water partition coefficient (Wildman–Crippen LogP) is 4.20. The molecule has 0 aromatic heterocycles. The van der Waals surface area contributed by atoms with Crippen LogP contribution in [0, 0.1) is 11.6 Å². The number of hydrogen-bond acceptors (Lipinski definition) is 2. The minimum atomic E-state index is -4.62. The molecule has 4 nitrogen and oxygen atoms in total. The minimum absolute atomic E-state index is 0.210. The molecule has 2 rings (SSSR count). The van der Waals surface area contributed by atoms with Crippen molar-refractivity contribution in [3.05, 3.63) is 83.4 Å². The normalized spacial score (nSPS) is 11.8. The number of nitrogens with zero attached hydrogens (tertiary/aromatic N) is 1. The van der Waals surface area contributed by atoms with Gasteiger partial charge >= 0.3 is 6.18 Å². The lowest BCUT2D eigenvalue weighted by molar-refractivity contribution is -0.158. The van der Waals surface area contributed by atoms with Crippen LogP contribution in [0.5, 0.6) is 0 Å². The van der Waals surface area contributed by atoms with Crippen molar-refractivity contribution in [3.8, 4) is 0 Å². The summed E-state index contributed by atoms with van der Waals surface area (Å²) in [4.78, 5) is 24.5. The highest BCUT2D eigenvalue weighted by Crippen LogP contribution is 2.17. The molecule has 0 radical (unpaired) electrons. The maximum atomic E-state index is 12.9. The molecule has 0 aliphatic heterocycles. The molecular weight excluding hydrogens is 419 g/mol. The van der Waals surface area contributed by atoms with E-state index < -0.39 is 36.2 Å². The summed E-state index contributed by atoms with van der Waals surface area (Å²) in [5.41, 5.74) is 1.01. The summed E-state index contributed by atoms with van der Waals surface area (Å²) in [7, 11) is 0. The Kier molecular flexibility index (Phi) is 8.48. The Morgan fingerprint density at radius 2 is 1.32 bits per heavy atom. The molecule has 2 amide bonds. The first-order valence-corrected chi connectivity index (χ1v) is 9.13. The zero-order valence-corrected chi connectivity index (χ0v) is 16.2. The van der Waals surface area contributed by atoms with Crippen molar-refractivity contribution in [2.45, 2.75) is 6.18 Å². The minimum Gasteiger partial charge on any atom is -0.351 e. The Bertz CT molecular complexity index is 936. The van der Waals surface area contributed by atoms with Gasteiger partial charge in [0.15, 0.2) is 0 Å². The van der Waals surface area contributed by atoms with Crippen LogP contribution in [0.3, 0.4) is 0 Å². The second-order valence-corrected chi connectivity index (χ2v) is 6.44. The van der Waals surface area contributed by atoms with Gasteiger partial charge in [-0.05, 0) is 47.5 Å². The number of amides is 2. The van der Waals surface area contributed by atoms with Crippen molar-refractivity contribution in [2.24, 2.45) is 0 Å². The predicted molar refractivity (Wildman–Crippen MR) is 107 cm³/mol. The Morgan fingerprint density at radius 3 is 1.81 bits per heavy atom. The van der Waals surface area contributed by atoms with E-state index in [0.29, 0.717) is 16.0 Å². The van der Waals surface area contributed by atoms with Gasteiger partial charge in [-0.1, -0.05) is 24.3 Å². The maximum absolute atomic E-state index is 12.9. The number of hydrogen-bond donors (Lipinski definition) is 1. The first-order valence-electron chi connectivity index (χ1n) is 9.13. The second-order valence-electron chi connectivity index (χ2n) is 6.44. The van der Waals surface area contributed by atoms with Gasteiger partial charge in [-0.2, -0.15) is 13.2 Å². The van der Waals surface area contributed by atoms with Crippen LogP contribution in [-0.4, -0.2) is 42.5 Å². The largest absolute Gasteiger partial charge is 0.406 e. The van der Waals surface area contributed by atoms with Gasteiger partial charge < -0.3 is 10.2 Å². The average Bonchev–Trinajstić information content (AvgIpc) is 2.71. The summed E-state index contributed by atoms with van der Waals surface area (Å²) in [6.07, 6.45) is 0.173. The number of rotatable bonds is 8. The highest BCUT2D eigenvalue weighted by atomic mass is 19.4. The summed E-state index contributed by atoms with van der Waals surface area (Å²) < 4.78 is 64.2. The van der Waals surface area contributed by atoms with E-state index in [1.807, 2.05) is 0 Å². The van der Waals surface area contributed by atoms with E-state index in [0.717, 1.165) is 24.3 Å². The molecule has 0 fully saturated rings. The molecule has 0 saturated heterocycles. The van der Waals surface area contributed by atoms with Crippen LogP contribution in [0.2, 0.25) is 0 Å². The Hall–Kier alpha value is -3.49. The Morgan fingerprint density at radius 1 is 0.839 bits per heavy atom. The molecule has 0 saturated carbocycles. The van der Waals surface area contributed by atoms with Crippen LogP contribution in [0.4, 0.5) is 22.0 Å². The highest BCUT2D eigenvalue weighted by Gasteiger charge is 2.32. The van der Waals surface area contributed by atoms with Crippen molar-refractivity contribution in [3.63, 3.8) is 0 Å². The standard InChI is InChI=1S/C22H19F5N2O2/c23-18-7-1-16(2-8-18)5-11-20(30)28-13-14-29(15-22(25,26)27)21(31)12-6-17-3-9-19(24)10-4-17/h1-12H,13-15H2,(H,28,30)/b11-5+,12-6+. The molecule has 1 N–H and O–H groups in total. The van der Waals surface area contributed by atoms with Crippen LogP contribution in [-0.2, 0) is 9.59 Å². The third kappa shape index (κ3) is 9.24. The molecule has 0 heterocycles. The lowest BCUT2D eigenvalue weighted by Gasteiger charge is -2.22. The summed E-state index contributed by atoms with van der Waals surface area (Å²) in [6, 6.07) is 10.4. The van der Waals surface area contributed by atoms with E-state index >= 15 is 0 Å². The first kappa shape index (κ1) is 23.8. The molecule has 0 atom stereocenters. The van der Waals surface area contributed by atoms with E-state index in [1.165, 1.54) is 48.6 Å². The van der Waals surface area contributed by atoms with E-state index in [9.17, 15) is 31.5 Å². The van der Waals surface area contributed by atoms with E-state index in [1.54, 1.807) is 0 Å². The number of benzene rings is 2. The molecule has 0 bridgehead atoms. The Labute approximate surface area is 175 Å². The number of carbonyl (C=O) groups is 2. The van der Waals surface area contributed by atoms with E-state index in [-0.39, 0.29) is 13.1 Å². The molecule has 9 heteroatoms. The zero-order valence-electron chi connectivity index (χ0n) is 16.2. The third-order valence-corrected chi connectivity index (χ3v) is 3.95. The maximum Gasteiger partial charge on any atom is 0.406 e. The third-order valence-electron chi connectivity index (χ3n) is 3.95. The lowest BCUT2D eigenvalue weighted by atomic mass is 10.2. The number of carbonyl (C=O) groups excluding carboxylic acids is 2. The topological polar surface area (TPSA) is 49.4 Å². The molecule has 0 aliphatic rings. The highest BCUT2D eigenvalue weighted by molar-refractivity contribution is 5.92. The smallest absolute Gasteiger partial charge is 0.351 e. The number of alkyl halides is 3. The van der Waals surface area contributed by atoms with Crippen molar-refractivity contribution in [1.29, 1.82) is 0 Å². The summed E-state index contributed by atoms with van der Waals surface area (Å²) in [6.45, 7) is -2.07. The van der Waals surface area contributed by atoms with Gasteiger partial charge in [0, 0.05) is 25.2 Å². The molecule has 0 unspecified atom stereocenters.